The largest absolute Gasteiger partial charge is 0.436 e. The third-order valence-corrected chi connectivity index (χ3v) is 3.04. The maximum atomic E-state index is 13.9. The molecule has 21 heavy (non-hydrogen) atoms. The number of nitrogens with one attached hydrogen (secondary N) is 1. The Kier molecular flexibility index (Phi) is 4.73. The Morgan fingerprint density at radius 1 is 1.33 bits per heavy atom. The number of halogens is 1. The predicted octanol–water partition coefficient (Wildman–Crippen LogP) is 4.27. The summed E-state index contributed by atoms with van der Waals surface area (Å²) in [6, 6.07) is 5.91. The minimum atomic E-state index is -0.576. The van der Waals surface area contributed by atoms with Gasteiger partial charge in [0.05, 0.1) is 6.20 Å². The molecular formula is C16H20FN3O. The molecule has 4 nitrogen and oxygen atoms in total. The minimum Gasteiger partial charge on any atom is -0.436 e. The highest BCUT2D eigenvalue weighted by molar-refractivity contribution is 5.41. The van der Waals surface area contributed by atoms with E-state index in [2.05, 4.69) is 29.1 Å². The van der Waals surface area contributed by atoms with Crippen LogP contribution in [0.3, 0.4) is 0 Å². The summed E-state index contributed by atoms with van der Waals surface area (Å²) in [7, 11) is 0. The van der Waals surface area contributed by atoms with Crippen LogP contribution in [0.4, 0.5) is 10.3 Å². The van der Waals surface area contributed by atoms with Crippen LogP contribution in [-0.4, -0.2) is 16.5 Å². The topological polar surface area (TPSA) is 47.0 Å². The van der Waals surface area contributed by atoms with E-state index in [1.807, 2.05) is 32.0 Å². The molecule has 1 aromatic carbocycles. The van der Waals surface area contributed by atoms with Crippen molar-refractivity contribution in [3.05, 3.63) is 41.3 Å². The number of hydrogen-bond acceptors (Lipinski definition) is 4. The zero-order chi connectivity index (χ0) is 15.4. The van der Waals surface area contributed by atoms with Crippen molar-refractivity contribution in [1.29, 1.82) is 0 Å². The molecule has 0 unspecified atom stereocenters. The van der Waals surface area contributed by atoms with Gasteiger partial charge in [0, 0.05) is 6.54 Å². The Balaban J connectivity index is 2.37. The van der Waals surface area contributed by atoms with Crippen LogP contribution in [-0.2, 0) is 0 Å². The van der Waals surface area contributed by atoms with E-state index in [-0.39, 0.29) is 11.8 Å². The number of aromatic nitrogens is 2. The van der Waals surface area contributed by atoms with Gasteiger partial charge in [0.2, 0.25) is 11.8 Å². The number of rotatable bonds is 5. The van der Waals surface area contributed by atoms with Gasteiger partial charge in [-0.3, -0.25) is 0 Å². The lowest BCUT2D eigenvalue weighted by Gasteiger charge is -2.14. The lowest BCUT2D eigenvalue weighted by Crippen LogP contribution is -2.05. The first-order valence-electron chi connectivity index (χ1n) is 7.06. The quantitative estimate of drug-likeness (QED) is 0.892. The van der Waals surface area contributed by atoms with Crippen molar-refractivity contribution in [3.63, 3.8) is 0 Å². The summed E-state index contributed by atoms with van der Waals surface area (Å²) in [4.78, 5) is 7.94. The summed E-state index contributed by atoms with van der Waals surface area (Å²) in [6.07, 6.45) is 1.12. The van der Waals surface area contributed by atoms with Crippen LogP contribution >= 0.6 is 0 Å². The standard InChI is InChI=1S/C16H20FN3O/c1-5-18-16-19-9-13(17)15(20-16)21-14-8-11(4)6-7-12(14)10(2)3/h6-10H,5H2,1-4H3,(H,18,19,20). The Bertz CT molecular complexity index is 629. The Morgan fingerprint density at radius 2 is 2.10 bits per heavy atom. The van der Waals surface area contributed by atoms with Gasteiger partial charge in [0.25, 0.3) is 5.88 Å². The van der Waals surface area contributed by atoms with Crippen molar-refractivity contribution in [2.75, 3.05) is 11.9 Å². The van der Waals surface area contributed by atoms with Crippen LogP contribution in [0.1, 0.15) is 37.8 Å². The van der Waals surface area contributed by atoms with Crippen LogP contribution in [0.2, 0.25) is 0 Å². The fourth-order valence-corrected chi connectivity index (χ4v) is 1.98. The molecule has 0 aliphatic carbocycles. The highest BCUT2D eigenvalue weighted by atomic mass is 19.1. The summed E-state index contributed by atoms with van der Waals surface area (Å²) in [5.41, 5.74) is 2.07. The van der Waals surface area contributed by atoms with Gasteiger partial charge < -0.3 is 10.1 Å². The third-order valence-electron chi connectivity index (χ3n) is 3.04. The smallest absolute Gasteiger partial charge is 0.260 e. The molecule has 1 heterocycles. The monoisotopic (exact) mass is 289 g/mol. The molecule has 0 radical (unpaired) electrons. The van der Waals surface area contributed by atoms with Gasteiger partial charge in [-0.15, -0.1) is 0 Å². The molecule has 112 valence electrons. The summed E-state index contributed by atoms with van der Waals surface area (Å²) >= 11 is 0. The van der Waals surface area contributed by atoms with Crippen molar-refractivity contribution in [2.24, 2.45) is 0 Å². The molecule has 1 N–H and O–H groups in total. The molecule has 2 rings (SSSR count). The number of benzene rings is 1. The molecule has 0 aliphatic heterocycles. The molecule has 0 fully saturated rings. The Hall–Kier alpha value is -2.17. The fourth-order valence-electron chi connectivity index (χ4n) is 1.98. The maximum Gasteiger partial charge on any atom is 0.260 e. The van der Waals surface area contributed by atoms with Gasteiger partial charge in [0.1, 0.15) is 5.75 Å². The number of nitrogens with zero attached hydrogens (tertiary/aromatic N) is 2. The normalized spacial score (nSPS) is 10.8. The van der Waals surface area contributed by atoms with E-state index in [9.17, 15) is 4.39 Å². The Morgan fingerprint density at radius 3 is 2.76 bits per heavy atom. The first kappa shape index (κ1) is 15.2. The van der Waals surface area contributed by atoms with E-state index in [4.69, 9.17) is 4.74 Å². The number of anilines is 1. The molecule has 2 aromatic rings. The predicted molar refractivity (Wildman–Crippen MR) is 81.5 cm³/mol. The van der Waals surface area contributed by atoms with Crippen molar-refractivity contribution in [3.8, 4) is 11.6 Å². The molecule has 0 atom stereocenters. The number of aryl methyl sites for hydroxylation is 1. The molecule has 0 saturated carbocycles. The number of ether oxygens (including phenoxy) is 1. The SMILES string of the molecule is CCNc1ncc(F)c(Oc2cc(C)ccc2C(C)C)n1. The molecular weight excluding hydrogens is 269 g/mol. The van der Waals surface area contributed by atoms with Gasteiger partial charge in [0.15, 0.2) is 0 Å². The maximum absolute atomic E-state index is 13.9. The number of hydrogen-bond donors (Lipinski definition) is 1. The highest BCUT2D eigenvalue weighted by Gasteiger charge is 2.14. The summed E-state index contributed by atoms with van der Waals surface area (Å²) in [5, 5.41) is 2.94. The molecule has 1 aromatic heterocycles. The molecule has 0 amide bonds. The van der Waals surface area contributed by atoms with Gasteiger partial charge in [-0.2, -0.15) is 9.37 Å². The minimum absolute atomic E-state index is 0.0616. The van der Waals surface area contributed by atoms with Crippen LogP contribution < -0.4 is 10.1 Å². The molecule has 0 aliphatic rings. The fraction of sp³-hybridized carbons (Fsp3) is 0.375. The lowest BCUT2D eigenvalue weighted by molar-refractivity contribution is 0.414. The highest BCUT2D eigenvalue weighted by Crippen LogP contribution is 2.31. The summed E-state index contributed by atoms with van der Waals surface area (Å²) in [6.45, 7) is 8.69. The molecule has 0 spiro atoms. The van der Waals surface area contributed by atoms with Gasteiger partial charge in [-0.25, -0.2) is 4.98 Å². The van der Waals surface area contributed by atoms with E-state index in [1.54, 1.807) is 0 Å². The van der Waals surface area contributed by atoms with Crippen LogP contribution in [0.5, 0.6) is 11.6 Å². The summed E-state index contributed by atoms with van der Waals surface area (Å²) in [5.74, 6) is 0.623. The second-order valence-electron chi connectivity index (χ2n) is 5.18. The molecule has 0 bridgehead atoms. The van der Waals surface area contributed by atoms with E-state index < -0.39 is 5.82 Å². The van der Waals surface area contributed by atoms with E-state index in [0.29, 0.717) is 18.2 Å². The van der Waals surface area contributed by atoms with Crippen LogP contribution in [0.25, 0.3) is 0 Å². The van der Waals surface area contributed by atoms with Crippen LogP contribution in [0, 0.1) is 12.7 Å². The average Bonchev–Trinajstić information content (AvgIpc) is 2.42. The average molecular weight is 289 g/mol. The third kappa shape index (κ3) is 3.68. The van der Waals surface area contributed by atoms with E-state index >= 15 is 0 Å². The first-order valence-corrected chi connectivity index (χ1v) is 7.06. The molecule has 0 saturated heterocycles. The Labute approximate surface area is 124 Å². The second-order valence-corrected chi connectivity index (χ2v) is 5.18. The lowest BCUT2D eigenvalue weighted by atomic mass is 10.0. The van der Waals surface area contributed by atoms with E-state index in [0.717, 1.165) is 17.3 Å². The van der Waals surface area contributed by atoms with Crippen molar-refractivity contribution >= 4 is 5.95 Å². The zero-order valence-corrected chi connectivity index (χ0v) is 12.8. The van der Waals surface area contributed by atoms with Crippen molar-refractivity contribution in [2.45, 2.75) is 33.6 Å². The van der Waals surface area contributed by atoms with Crippen molar-refractivity contribution in [1.82, 2.24) is 9.97 Å². The van der Waals surface area contributed by atoms with Crippen LogP contribution in [0.15, 0.2) is 24.4 Å². The van der Waals surface area contributed by atoms with Gasteiger partial charge in [-0.05, 0) is 37.0 Å². The van der Waals surface area contributed by atoms with Crippen molar-refractivity contribution < 1.29 is 9.13 Å². The zero-order valence-electron chi connectivity index (χ0n) is 12.8. The van der Waals surface area contributed by atoms with Gasteiger partial charge >= 0.3 is 0 Å². The second kappa shape index (κ2) is 6.52. The van der Waals surface area contributed by atoms with E-state index in [1.165, 1.54) is 0 Å². The molecule has 5 heteroatoms. The summed E-state index contributed by atoms with van der Waals surface area (Å²) < 4.78 is 19.6. The first-order chi connectivity index (χ1) is 10.0. The van der Waals surface area contributed by atoms with Gasteiger partial charge in [-0.1, -0.05) is 26.0 Å².